The number of sulfonamides is 1. The summed E-state index contributed by atoms with van der Waals surface area (Å²) in [5.41, 5.74) is 0.693. The minimum Gasteiger partial charge on any atom is -0.313 e. The lowest BCUT2D eigenvalue weighted by Crippen LogP contribution is -2.16. The molecule has 0 unspecified atom stereocenters. The Morgan fingerprint density at radius 1 is 1.38 bits per heavy atom. The summed E-state index contributed by atoms with van der Waals surface area (Å²) in [7, 11) is -3.97. The van der Waals surface area contributed by atoms with E-state index in [0.29, 0.717) is 12.1 Å². The van der Waals surface area contributed by atoms with Crippen molar-refractivity contribution in [3.8, 4) is 0 Å². The fourth-order valence-corrected chi connectivity index (χ4v) is 3.68. The summed E-state index contributed by atoms with van der Waals surface area (Å²) >= 11 is 1.20. The Morgan fingerprint density at radius 3 is 2.71 bits per heavy atom. The summed E-state index contributed by atoms with van der Waals surface area (Å²) in [4.78, 5) is 4.40. The zero-order chi connectivity index (χ0) is 15.5. The molecule has 2 aromatic rings. The summed E-state index contributed by atoms with van der Waals surface area (Å²) in [5, 5.41) is 3.28. The lowest BCUT2D eigenvalue weighted by Gasteiger charge is -2.08. The molecule has 0 bridgehead atoms. The molecule has 8 heteroatoms. The third-order valence-electron chi connectivity index (χ3n) is 2.71. The van der Waals surface area contributed by atoms with Crippen molar-refractivity contribution in [2.24, 2.45) is 0 Å². The Kier molecular flexibility index (Phi) is 4.92. The number of nitrogens with one attached hydrogen (secondary N) is 2. The first kappa shape index (κ1) is 15.9. The van der Waals surface area contributed by atoms with E-state index >= 15 is 0 Å². The number of anilines is 1. The van der Waals surface area contributed by atoms with Gasteiger partial charge >= 0.3 is 0 Å². The van der Waals surface area contributed by atoms with Crippen LogP contribution in [0.25, 0.3) is 0 Å². The predicted octanol–water partition coefficient (Wildman–Crippen LogP) is 2.50. The Morgan fingerprint density at radius 2 is 2.14 bits per heavy atom. The summed E-state index contributed by atoms with van der Waals surface area (Å²) in [5.74, 6) is -0.772. The van der Waals surface area contributed by atoms with Gasteiger partial charge in [0.2, 0.25) is 0 Å². The van der Waals surface area contributed by atoms with E-state index in [9.17, 15) is 12.8 Å². The Hall–Kier alpha value is -1.51. The number of aromatic nitrogens is 1. The van der Waals surface area contributed by atoms with E-state index < -0.39 is 15.8 Å². The van der Waals surface area contributed by atoms with Crippen molar-refractivity contribution in [1.29, 1.82) is 0 Å². The van der Waals surface area contributed by atoms with Gasteiger partial charge < -0.3 is 5.32 Å². The van der Waals surface area contributed by atoms with Crippen LogP contribution in [0.15, 0.2) is 29.3 Å². The molecule has 114 valence electrons. The summed E-state index contributed by atoms with van der Waals surface area (Å²) in [6.07, 6.45) is 1.55. The van der Waals surface area contributed by atoms with Crippen LogP contribution in [-0.2, 0) is 16.6 Å². The van der Waals surface area contributed by atoms with Gasteiger partial charge in [0.25, 0.3) is 10.0 Å². The van der Waals surface area contributed by atoms with Gasteiger partial charge in [-0.2, -0.15) is 0 Å². The van der Waals surface area contributed by atoms with Crippen molar-refractivity contribution in [2.45, 2.75) is 25.3 Å². The molecule has 1 aromatic carbocycles. The maximum Gasteiger partial charge on any atom is 0.266 e. The maximum absolute atomic E-state index is 14.0. The Labute approximate surface area is 127 Å². The largest absolute Gasteiger partial charge is 0.313 e. The minimum atomic E-state index is -3.97. The molecule has 2 N–H and O–H groups in total. The van der Waals surface area contributed by atoms with Crippen LogP contribution < -0.4 is 10.0 Å². The van der Waals surface area contributed by atoms with Gasteiger partial charge in [-0.1, -0.05) is 13.0 Å². The fourth-order valence-electron chi connectivity index (χ4n) is 1.71. The quantitative estimate of drug-likeness (QED) is 0.854. The number of hydrogen-bond donors (Lipinski definition) is 2. The number of benzene rings is 1. The van der Waals surface area contributed by atoms with Gasteiger partial charge in [-0.05, 0) is 31.2 Å². The highest BCUT2D eigenvalue weighted by molar-refractivity contribution is 7.93. The highest BCUT2D eigenvalue weighted by Gasteiger charge is 2.20. The standard InChI is InChI=1S/C13H16FN3O2S2/c1-3-15-8-10-4-5-12(11(14)6-10)21(18,19)17-13-16-7-9(2)20-13/h4-7,15H,3,8H2,1-2H3,(H,16,17). The van der Waals surface area contributed by atoms with Crippen molar-refractivity contribution in [2.75, 3.05) is 11.3 Å². The van der Waals surface area contributed by atoms with Crippen molar-refractivity contribution in [1.82, 2.24) is 10.3 Å². The van der Waals surface area contributed by atoms with Crippen LogP contribution in [0.5, 0.6) is 0 Å². The van der Waals surface area contributed by atoms with Gasteiger partial charge in [0.05, 0.1) is 0 Å². The molecule has 5 nitrogen and oxygen atoms in total. The van der Waals surface area contributed by atoms with E-state index in [1.54, 1.807) is 12.3 Å². The molecule has 0 saturated carbocycles. The topological polar surface area (TPSA) is 71.1 Å². The smallest absolute Gasteiger partial charge is 0.266 e. The van der Waals surface area contributed by atoms with Crippen LogP contribution in [0.4, 0.5) is 9.52 Å². The third-order valence-corrected chi connectivity index (χ3v) is 5.04. The van der Waals surface area contributed by atoms with E-state index in [0.717, 1.165) is 11.4 Å². The van der Waals surface area contributed by atoms with E-state index in [1.165, 1.54) is 23.5 Å². The normalized spacial score (nSPS) is 11.6. The number of rotatable bonds is 6. The van der Waals surface area contributed by atoms with Crippen molar-refractivity contribution in [3.63, 3.8) is 0 Å². The number of nitrogens with zero attached hydrogens (tertiary/aromatic N) is 1. The number of hydrogen-bond acceptors (Lipinski definition) is 5. The maximum atomic E-state index is 14.0. The van der Waals surface area contributed by atoms with Crippen LogP contribution >= 0.6 is 11.3 Å². The molecule has 0 spiro atoms. The molecule has 0 radical (unpaired) electrons. The van der Waals surface area contributed by atoms with E-state index in [4.69, 9.17) is 0 Å². The van der Waals surface area contributed by atoms with E-state index in [2.05, 4.69) is 15.0 Å². The van der Waals surface area contributed by atoms with Gasteiger partial charge in [-0.25, -0.2) is 17.8 Å². The van der Waals surface area contributed by atoms with Crippen molar-refractivity contribution < 1.29 is 12.8 Å². The molecule has 0 saturated heterocycles. The van der Waals surface area contributed by atoms with Crippen LogP contribution in [0, 0.1) is 12.7 Å². The lowest BCUT2D eigenvalue weighted by atomic mass is 10.2. The van der Waals surface area contributed by atoms with E-state index in [-0.39, 0.29) is 10.0 Å². The summed E-state index contributed by atoms with van der Waals surface area (Å²) in [6, 6.07) is 4.09. The molecular formula is C13H16FN3O2S2. The van der Waals surface area contributed by atoms with Gasteiger partial charge in [0.1, 0.15) is 10.7 Å². The molecule has 2 rings (SSSR count). The second kappa shape index (κ2) is 6.50. The molecule has 0 aliphatic rings. The van der Waals surface area contributed by atoms with Crippen LogP contribution in [0.1, 0.15) is 17.4 Å². The van der Waals surface area contributed by atoms with Gasteiger partial charge in [-0.3, -0.25) is 4.72 Å². The SMILES string of the molecule is CCNCc1ccc(S(=O)(=O)Nc2ncc(C)s2)c(F)c1. The summed E-state index contributed by atoms with van der Waals surface area (Å²) in [6.45, 7) is 5.00. The third kappa shape index (κ3) is 3.99. The average Bonchev–Trinajstić information content (AvgIpc) is 2.80. The molecule has 0 amide bonds. The predicted molar refractivity (Wildman–Crippen MR) is 81.4 cm³/mol. The monoisotopic (exact) mass is 329 g/mol. The molecule has 21 heavy (non-hydrogen) atoms. The second-order valence-corrected chi connectivity index (χ2v) is 7.31. The van der Waals surface area contributed by atoms with Crippen molar-refractivity contribution >= 4 is 26.5 Å². The Bertz CT molecular complexity index is 729. The molecule has 1 aromatic heterocycles. The number of halogens is 1. The van der Waals surface area contributed by atoms with Crippen molar-refractivity contribution in [3.05, 3.63) is 40.7 Å². The Balaban J connectivity index is 2.23. The molecule has 0 atom stereocenters. The second-order valence-electron chi connectivity index (χ2n) is 4.43. The zero-order valence-corrected chi connectivity index (χ0v) is 13.3. The first-order valence-electron chi connectivity index (χ1n) is 6.37. The fraction of sp³-hybridized carbons (Fsp3) is 0.308. The molecular weight excluding hydrogens is 313 g/mol. The first-order chi connectivity index (χ1) is 9.92. The first-order valence-corrected chi connectivity index (χ1v) is 8.66. The van der Waals surface area contributed by atoms with Crippen LogP contribution in [0.2, 0.25) is 0 Å². The molecule has 1 heterocycles. The number of thiazole rings is 1. The minimum absolute atomic E-state index is 0.226. The van der Waals surface area contributed by atoms with E-state index in [1.807, 2.05) is 13.8 Å². The summed E-state index contributed by atoms with van der Waals surface area (Å²) < 4.78 is 40.6. The lowest BCUT2D eigenvalue weighted by molar-refractivity contribution is 0.567. The molecule has 0 fully saturated rings. The van der Waals surface area contributed by atoms with Gasteiger partial charge in [0.15, 0.2) is 5.13 Å². The molecule has 0 aliphatic carbocycles. The van der Waals surface area contributed by atoms with Gasteiger partial charge in [0, 0.05) is 17.6 Å². The van der Waals surface area contributed by atoms with Crippen LogP contribution in [-0.4, -0.2) is 19.9 Å². The molecule has 0 aliphatic heterocycles. The van der Waals surface area contributed by atoms with Crippen LogP contribution in [0.3, 0.4) is 0 Å². The van der Waals surface area contributed by atoms with Gasteiger partial charge in [-0.15, -0.1) is 11.3 Å². The zero-order valence-electron chi connectivity index (χ0n) is 11.7. The average molecular weight is 329 g/mol. The number of aryl methyl sites for hydroxylation is 1. The highest BCUT2D eigenvalue weighted by atomic mass is 32.2. The highest BCUT2D eigenvalue weighted by Crippen LogP contribution is 2.23.